The van der Waals surface area contributed by atoms with Crippen LogP contribution >= 0.6 is 0 Å². The number of fused-ring (bicyclic) bond motifs is 1. The highest BCUT2D eigenvalue weighted by molar-refractivity contribution is 6.06. The molecule has 4 aromatic rings. The number of carbonyl (C=O) groups excluding carboxylic acids is 1. The van der Waals surface area contributed by atoms with Crippen molar-refractivity contribution < 1.29 is 4.79 Å². The molecule has 1 heterocycles. The molecule has 146 valence electrons. The second-order valence-electron chi connectivity index (χ2n) is 6.82. The molecule has 0 radical (unpaired) electrons. The number of aromatic nitrogens is 2. The summed E-state index contributed by atoms with van der Waals surface area (Å²) < 4.78 is 0. The Morgan fingerprint density at radius 3 is 2.34 bits per heavy atom. The molecule has 0 saturated carbocycles. The average molecular weight is 384 g/mol. The SMILES string of the molecule is CCN(CC)c1ccc(C(=O)Nc2ccccc2-c2nc3ccccc3[nH]2)cc1. The highest BCUT2D eigenvalue weighted by Crippen LogP contribution is 2.28. The molecule has 3 aromatic carbocycles. The van der Waals surface area contributed by atoms with Crippen LogP contribution in [0.1, 0.15) is 24.2 Å². The fraction of sp³-hybridized carbons (Fsp3) is 0.167. The molecule has 0 spiro atoms. The summed E-state index contributed by atoms with van der Waals surface area (Å²) in [5, 5.41) is 3.03. The predicted molar refractivity (Wildman–Crippen MR) is 119 cm³/mol. The number of hydrogen-bond donors (Lipinski definition) is 2. The lowest BCUT2D eigenvalue weighted by molar-refractivity contribution is 0.102. The normalized spacial score (nSPS) is 10.8. The summed E-state index contributed by atoms with van der Waals surface area (Å²) in [5.41, 5.74) is 5.20. The Morgan fingerprint density at radius 2 is 1.62 bits per heavy atom. The molecule has 5 nitrogen and oxygen atoms in total. The van der Waals surface area contributed by atoms with Gasteiger partial charge in [0.25, 0.3) is 5.91 Å². The number of carbonyl (C=O) groups is 1. The first-order valence-electron chi connectivity index (χ1n) is 9.90. The topological polar surface area (TPSA) is 61.0 Å². The Labute approximate surface area is 170 Å². The number of aromatic amines is 1. The number of nitrogens with one attached hydrogen (secondary N) is 2. The fourth-order valence-corrected chi connectivity index (χ4v) is 3.49. The molecule has 4 rings (SSSR count). The van der Waals surface area contributed by atoms with E-state index in [1.807, 2.05) is 72.8 Å². The van der Waals surface area contributed by atoms with Crippen molar-refractivity contribution in [1.29, 1.82) is 0 Å². The number of anilines is 2. The molecule has 0 aliphatic rings. The lowest BCUT2D eigenvalue weighted by atomic mass is 10.1. The molecule has 0 unspecified atom stereocenters. The van der Waals surface area contributed by atoms with Crippen LogP contribution in [-0.4, -0.2) is 29.0 Å². The van der Waals surface area contributed by atoms with Crippen molar-refractivity contribution in [3.05, 3.63) is 78.4 Å². The molecule has 0 aliphatic carbocycles. The molecule has 0 saturated heterocycles. The smallest absolute Gasteiger partial charge is 0.255 e. The molecule has 0 aliphatic heterocycles. The first kappa shape index (κ1) is 18.7. The van der Waals surface area contributed by atoms with Crippen LogP contribution in [0.5, 0.6) is 0 Å². The van der Waals surface area contributed by atoms with Crippen LogP contribution in [-0.2, 0) is 0 Å². The average Bonchev–Trinajstić information content (AvgIpc) is 3.19. The first-order valence-corrected chi connectivity index (χ1v) is 9.90. The van der Waals surface area contributed by atoms with Gasteiger partial charge in [0.1, 0.15) is 5.82 Å². The van der Waals surface area contributed by atoms with E-state index in [0.29, 0.717) is 5.56 Å². The van der Waals surface area contributed by atoms with Crippen LogP contribution in [0.3, 0.4) is 0 Å². The van der Waals surface area contributed by atoms with Crippen molar-refractivity contribution in [2.24, 2.45) is 0 Å². The number of nitrogens with zero attached hydrogens (tertiary/aromatic N) is 2. The van der Waals surface area contributed by atoms with Gasteiger partial charge < -0.3 is 15.2 Å². The van der Waals surface area contributed by atoms with E-state index in [1.165, 1.54) is 0 Å². The van der Waals surface area contributed by atoms with Gasteiger partial charge in [0.2, 0.25) is 0 Å². The van der Waals surface area contributed by atoms with Crippen LogP contribution in [0.4, 0.5) is 11.4 Å². The Morgan fingerprint density at radius 1 is 0.931 bits per heavy atom. The Hall–Kier alpha value is -3.60. The number of para-hydroxylation sites is 3. The molecule has 0 atom stereocenters. The van der Waals surface area contributed by atoms with Crippen LogP contribution in [0, 0.1) is 0 Å². The number of hydrogen-bond acceptors (Lipinski definition) is 3. The van der Waals surface area contributed by atoms with Gasteiger partial charge in [-0.1, -0.05) is 24.3 Å². The number of amides is 1. The van der Waals surface area contributed by atoms with Crippen molar-refractivity contribution in [2.45, 2.75) is 13.8 Å². The van der Waals surface area contributed by atoms with Crippen molar-refractivity contribution in [3.8, 4) is 11.4 Å². The third-order valence-corrected chi connectivity index (χ3v) is 5.08. The zero-order chi connectivity index (χ0) is 20.2. The van der Waals surface area contributed by atoms with E-state index in [0.717, 1.165) is 46.9 Å². The van der Waals surface area contributed by atoms with Crippen molar-refractivity contribution in [3.63, 3.8) is 0 Å². The van der Waals surface area contributed by atoms with Gasteiger partial charge in [-0.05, 0) is 62.4 Å². The van der Waals surface area contributed by atoms with Gasteiger partial charge in [-0.25, -0.2) is 4.98 Å². The van der Waals surface area contributed by atoms with Crippen LogP contribution in [0.15, 0.2) is 72.8 Å². The summed E-state index contributed by atoms with van der Waals surface area (Å²) in [7, 11) is 0. The van der Waals surface area contributed by atoms with Crippen LogP contribution in [0.2, 0.25) is 0 Å². The minimum absolute atomic E-state index is 0.139. The van der Waals surface area contributed by atoms with Gasteiger partial charge in [0, 0.05) is 29.9 Å². The summed E-state index contributed by atoms with van der Waals surface area (Å²) in [4.78, 5) is 23.1. The highest BCUT2D eigenvalue weighted by Gasteiger charge is 2.13. The number of rotatable bonds is 6. The minimum Gasteiger partial charge on any atom is -0.372 e. The summed E-state index contributed by atoms with van der Waals surface area (Å²) in [6.07, 6.45) is 0. The molecule has 0 bridgehead atoms. The Balaban J connectivity index is 1.59. The maximum absolute atomic E-state index is 12.8. The van der Waals surface area contributed by atoms with Gasteiger partial charge in [0.05, 0.1) is 16.7 Å². The zero-order valence-corrected chi connectivity index (χ0v) is 16.6. The molecule has 5 heteroatoms. The number of benzene rings is 3. The zero-order valence-electron chi connectivity index (χ0n) is 16.6. The fourth-order valence-electron chi connectivity index (χ4n) is 3.49. The van der Waals surface area contributed by atoms with E-state index >= 15 is 0 Å². The first-order chi connectivity index (χ1) is 14.2. The van der Waals surface area contributed by atoms with E-state index in [4.69, 9.17) is 0 Å². The van der Waals surface area contributed by atoms with Crippen molar-refractivity contribution in [1.82, 2.24) is 9.97 Å². The molecule has 2 N–H and O–H groups in total. The van der Waals surface area contributed by atoms with E-state index in [-0.39, 0.29) is 5.91 Å². The van der Waals surface area contributed by atoms with Gasteiger partial charge in [-0.2, -0.15) is 0 Å². The Kier molecular flexibility index (Phi) is 5.29. The predicted octanol–water partition coefficient (Wildman–Crippen LogP) is 5.33. The van der Waals surface area contributed by atoms with Gasteiger partial charge >= 0.3 is 0 Å². The minimum atomic E-state index is -0.139. The van der Waals surface area contributed by atoms with Crippen LogP contribution in [0.25, 0.3) is 22.4 Å². The van der Waals surface area contributed by atoms with Gasteiger partial charge in [-0.3, -0.25) is 4.79 Å². The third-order valence-electron chi connectivity index (χ3n) is 5.08. The van der Waals surface area contributed by atoms with E-state index < -0.39 is 0 Å². The molecular formula is C24H24N4O. The third kappa shape index (κ3) is 3.85. The number of H-pyrrole nitrogens is 1. The van der Waals surface area contributed by atoms with E-state index in [9.17, 15) is 4.79 Å². The lowest BCUT2D eigenvalue weighted by Crippen LogP contribution is -2.21. The number of imidazole rings is 1. The monoisotopic (exact) mass is 384 g/mol. The maximum atomic E-state index is 12.8. The van der Waals surface area contributed by atoms with Crippen molar-refractivity contribution >= 4 is 28.3 Å². The largest absolute Gasteiger partial charge is 0.372 e. The standard InChI is InChI=1S/C24H24N4O/c1-3-28(4-2)18-15-13-17(14-16-18)24(29)27-20-10-6-5-9-19(20)23-25-21-11-7-8-12-22(21)26-23/h5-16H,3-4H2,1-2H3,(H,25,26)(H,27,29). The van der Waals surface area contributed by atoms with Crippen molar-refractivity contribution in [2.75, 3.05) is 23.3 Å². The summed E-state index contributed by atoms with van der Waals surface area (Å²) in [6.45, 7) is 6.12. The van der Waals surface area contributed by atoms with Gasteiger partial charge in [-0.15, -0.1) is 0 Å². The summed E-state index contributed by atoms with van der Waals surface area (Å²) in [5.74, 6) is 0.596. The van der Waals surface area contributed by atoms with Crippen LogP contribution < -0.4 is 10.2 Å². The molecule has 1 amide bonds. The second-order valence-corrected chi connectivity index (χ2v) is 6.82. The second kappa shape index (κ2) is 8.19. The molecule has 29 heavy (non-hydrogen) atoms. The molecular weight excluding hydrogens is 360 g/mol. The van der Waals surface area contributed by atoms with Gasteiger partial charge in [0.15, 0.2) is 0 Å². The molecule has 1 aromatic heterocycles. The molecule has 0 fully saturated rings. The van der Waals surface area contributed by atoms with E-state index in [2.05, 4.69) is 34.0 Å². The summed E-state index contributed by atoms with van der Waals surface area (Å²) >= 11 is 0. The highest BCUT2D eigenvalue weighted by atomic mass is 16.1. The Bertz CT molecular complexity index is 1090. The summed E-state index contributed by atoms with van der Waals surface area (Å²) in [6, 6.07) is 23.3. The lowest BCUT2D eigenvalue weighted by Gasteiger charge is -2.21. The maximum Gasteiger partial charge on any atom is 0.255 e. The quantitative estimate of drug-likeness (QED) is 0.472. The van der Waals surface area contributed by atoms with E-state index in [1.54, 1.807) is 0 Å².